The van der Waals surface area contributed by atoms with E-state index in [2.05, 4.69) is 21.2 Å². The van der Waals surface area contributed by atoms with Crippen molar-refractivity contribution in [2.75, 3.05) is 30.8 Å². The fourth-order valence-corrected chi connectivity index (χ4v) is 3.87. The molecule has 98 valence electrons. The van der Waals surface area contributed by atoms with Gasteiger partial charge in [0.05, 0.1) is 22.9 Å². The van der Waals surface area contributed by atoms with Crippen LogP contribution in [0, 0.1) is 0 Å². The van der Waals surface area contributed by atoms with Crippen molar-refractivity contribution in [2.45, 2.75) is 4.90 Å². The predicted molar refractivity (Wildman–Crippen MR) is 72.5 cm³/mol. The lowest BCUT2D eigenvalue weighted by molar-refractivity contribution is -0.117. The molecule has 7 heteroatoms. The Morgan fingerprint density at radius 3 is 2.89 bits per heavy atom. The highest BCUT2D eigenvalue weighted by Crippen LogP contribution is 2.32. The molecule has 1 aromatic rings. The van der Waals surface area contributed by atoms with Crippen LogP contribution in [-0.2, 0) is 14.6 Å². The first-order valence-electron chi connectivity index (χ1n) is 5.43. The Hall–Kier alpha value is -0.920. The van der Waals surface area contributed by atoms with Crippen molar-refractivity contribution in [3.8, 4) is 0 Å². The molecule has 5 nitrogen and oxygen atoms in total. The first-order chi connectivity index (χ1) is 8.45. The number of fused-ring (bicyclic) bond motifs is 1. The Morgan fingerprint density at radius 1 is 1.50 bits per heavy atom. The molecule has 1 N–H and O–H groups in total. The number of hydrogen-bond donors (Lipinski definition) is 1. The lowest BCUT2D eigenvalue weighted by Gasteiger charge is -2.29. The Kier molecular flexibility index (Phi) is 3.74. The number of rotatable bonds is 2. The van der Waals surface area contributed by atoms with Crippen molar-refractivity contribution in [2.24, 2.45) is 0 Å². The van der Waals surface area contributed by atoms with Gasteiger partial charge in [0.1, 0.15) is 0 Å². The summed E-state index contributed by atoms with van der Waals surface area (Å²) in [5.41, 5.74) is 0.463. The van der Waals surface area contributed by atoms with Crippen LogP contribution < -0.4 is 10.2 Å². The lowest BCUT2D eigenvalue weighted by atomic mass is 10.2. The van der Waals surface area contributed by atoms with E-state index in [4.69, 9.17) is 0 Å². The molecule has 1 aromatic carbocycles. The smallest absolute Gasteiger partial charge is 0.240 e. The minimum atomic E-state index is -3.29. The van der Waals surface area contributed by atoms with E-state index >= 15 is 0 Å². The van der Waals surface area contributed by atoms with Crippen LogP contribution in [0.25, 0.3) is 0 Å². The fraction of sp³-hybridized carbons (Fsp3) is 0.364. The van der Waals surface area contributed by atoms with Crippen LogP contribution in [0.1, 0.15) is 0 Å². The van der Waals surface area contributed by atoms with Crippen LogP contribution in [0.2, 0.25) is 0 Å². The highest BCUT2D eigenvalue weighted by molar-refractivity contribution is 9.10. The van der Waals surface area contributed by atoms with Crippen LogP contribution in [-0.4, -0.2) is 40.2 Å². The lowest BCUT2D eigenvalue weighted by Crippen LogP contribution is -2.43. The Morgan fingerprint density at radius 2 is 2.22 bits per heavy atom. The summed E-state index contributed by atoms with van der Waals surface area (Å²) in [5, 5.41) is 2.78. The van der Waals surface area contributed by atoms with Crippen LogP contribution in [0.5, 0.6) is 0 Å². The van der Waals surface area contributed by atoms with E-state index in [1.165, 1.54) is 4.90 Å². The van der Waals surface area contributed by atoms with Crippen LogP contribution in [0.15, 0.2) is 27.6 Å². The van der Waals surface area contributed by atoms with Crippen LogP contribution >= 0.6 is 15.9 Å². The first kappa shape index (κ1) is 13.5. The molecule has 0 saturated heterocycles. The largest absolute Gasteiger partial charge is 0.311 e. The predicted octanol–water partition coefficient (Wildman–Crippen LogP) is 0.789. The van der Waals surface area contributed by atoms with Crippen molar-refractivity contribution in [1.29, 1.82) is 0 Å². The summed E-state index contributed by atoms with van der Waals surface area (Å²) in [6.07, 6.45) is 0. The standard InChI is InChI=1S/C11H13BrN2O3S/c1-13-7-11(15)14-4-5-18(16,17)10-6-8(12)2-3-9(10)14/h2-3,6,13H,4-5,7H2,1H3. The van der Waals surface area contributed by atoms with Crippen molar-refractivity contribution in [3.05, 3.63) is 22.7 Å². The summed E-state index contributed by atoms with van der Waals surface area (Å²) >= 11 is 3.25. The number of amides is 1. The van der Waals surface area contributed by atoms with Gasteiger partial charge in [-0.05, 0) is 25.2 Å². The second-order valence-electron chi connectivity index (χ2n) is 4.01. The summed E-state index contributed by atoms with van der Waals surface area (Å²) in [4.78, 5) is 13.6. The fourth-order valence-electron chi connectivity index (χ4n) is 1.91. The van der Waals surface area contributed by atoms with E-state index in [-0.39, 0.29) is 29.6 Å². The number of carbonyl (C=O) groups excluding carboxylic acids is 1. The average molecular weight is 333 g/mol. The van der Waals surface area contributed by atoms with Crippen LogP contribution in [0.3, 0.4) is 0 Å². The summed E-state index contributed by atoms with van der Waals surface area (Å²) in [5.74, 6) is -0.165. The summed E-state index contributed by atoms with van der Waals surface area (Å²) < 4.78 is 24.6. The molecular weight excluding hydrogens is 320 g/mol. The molecule has 0 fully saturated rings. The van der Waals surface area contributed by atoms with E-state index in [1.54, 1.807) is 25.2 Å². The number of nitrogens with one attached hydrogen (secondary N) is 1. The Bertz CT molecular complexity index is 586. The van der Waals surface area contributed by atoms with Gasteiger partial charge in [-0.2, -0.15) is 0 Å². The number of likely N-dealkylation sites (N-methyl/N-ethyl adjacent to an activating group) is 1. The zero-order chi connectivity index (χ0) is 13.3. The van der Waals surface area contributed by atoms with Gasteiger partial charge in [0.15, 0.2) is 9.84 Å². The molecular formula is C11H13BrN2O3S. The molecule has 0 bridgehead atoms. The SMILES string of the molecule is CNCC(=O)N1CCS(=O)(=O)c2cc(Br)ccc21. The van der Waals surface area contributed by atoms with E-state index in [0.717, 1.165) is 0 Å². The van der Waals surface area contributed by atoms with Gasteiger partial charge in [-0.25, -0.2) is 8.42 Å². The Balaban J connectivity index is 2.50. The molecule has 0 unspecified atom stereocenters. The quantitative estimate of drug-likeness (QED) is 0.869. The van der Waals surface area contributed by atoms with Gasteiger partial charge < -0.3 is 10.2 Å². The molecule has 1 heterocycles. The molecule has 0 aliphatic carbocycles. The maximum absolute atomic E-state index is 12.0. The van der Waals surface area contributed by atoms with Crippen molar-refractivity contribution < 1.29 is 13.2 Å². The molecule has 1 aliphatic rings. The number of carbonyl (C=O) groups is 1. The number of benzene rings is 1. The van der Waals surface area contributed by atoms with E-state index < -0.39 is 9.84 Å². The maximum Gasteiger partial charge on any atom is 0.240 e. The van der Waals surface area contributed by atoms with E-state index in [0.29, 0.717) is 10.2 Å². The first-order valence-corrected chi connectivity index (χ1v) is 7.87. The molecule has 18 heavy (non-hydrogen) atoms. The van der Waals surface area contributed by atoms with Crippen molar-refractivity contribution in [3.63, 3.8) is 0 Å². The molecule has 0 radical (unpaired) electrons. The Labute approximate surface area is 114 Å². The van der Waals surface area contributed by atoms with Gasteiger partial charge in [0.25, 0.3) is 0 Å². The molecule has 0 aromatic heterocycles. The normalized spacial score (nSPS) is 17.3. The van der Waals surface area contributed by atoms with Gasteiger partial charge in [0, 0.05) is 11.0 Å². The summed E-state index contributed by atoms with van der Waals surface area (Å²) in [6, 6.07) is 4.94. The number of anilines is 1. The summed E-state index contributed by atoms with van der Waals surface area (Å²) in [6.45, 7) is 0.396. The van der Waals surface area contributed by atoms with Crippen molar-refractivity contribution >= 4 is 37.4 Å². The molecule has 2 rings (SSSR count). The number of halogens is 1. The second kappa shape index (κ2) is 4.99. The number of hydrogen-bond acceptors (Lipinski definition) is 4. The van der Waals surface area contributed by atoms with Crippen molar-refractivity contribution in [1.82, 2.24) is 5.32 Å². The number of sulfone groups is 1. The monoisotopic (exact) mass is 332 g/mol. The van der Waals surface area contributed by atoms with Gasteiger partial charge in [-0.1, -0.05) is 15.9 Å². The highest BCUT2D eigenvalue weighted by Gasteiger charge is 2.31. The maximum atomic E-state index is 12.0. The van der Waals surface area contributed by atoms with Gasteiger partial charge in [-0.3, -0.25) is 4.79 Å². The minimum Gasteiger partial charge on any atom is -0.311 e. The zero-order valence-electron chi connectivity index (χ0n) is 9.81. The molecule has 1 aliphatic heterocycles. The molecule has 1 amide bonds. The minimum absolute atomic E-state index is 0.0358. The third-order valence-electron chi connectivity index (χ3n) is 2.76. The third kappa shape index (κ3) is 2.43. The van der Waals surface area contributed by atoms with Gasteiger partial charge in [-0.15, -0.1) is 0 Å². The topological polar surface area (TPSA) is 66.5 Å². The van der Waals surface area contributed by atoms with E-state index in [9.17, 15) is 13.2 Å². The number of nitrogens with zero attached hydrogens (tertiary/aromatic N) is 1. The highest BCUT2D eigenvalue weighted by atomic mass is 79.9. The molecule has 0 saturated carbocycles. The van der Waals surface area contributed by atoms with Crippen LogP contribution in [0.4, 0.5) is 5.69 Å². The third-order valence-corrected chi connectivity index (χ3v) is 4.97. The average Bonchev–Trinajstić information content (AvgIpc) is 2.30. The molecule has 0 atom stereocenters. The molecule has 0 spiro atoms. The van der Waals surface area contributed by atoms with Gasteiger partial charge >= 0.3 is 0 Å². The van der Waals surface area contributed by atoms with E-state index in [1.807, 2.05) is 0 Å². The summed E-state index contributed by atoms with van der Waals surface area (Å²) in [7, 11) is -1.61. The zero-order valence-corrected chi connectivity index (χ0v) is 12.2. The second-order valence-corrected chi connectivity index (χ2v) is 7.00. The van der Waals surface area contributed by atoms with Gasteiger partial charge in [0.2, 0.25) is 5.91 Å².